The van der Waals surface area contributed by atoms with E-state index in [0.717, 1.165) is 0 Å². The summed E-state index contributed by atoms with van der Waals surface area (Å²) >= 11 is 0. The van der Waals surface area contributed by atoms with Crippen molar-refractivity contribution < 1.29 is 13.9 Å². The molecule has 1 aromatic carbocycles. The van der Waals surface area contributed by atoms with E-state index in [1.54, 1.807) is 12.1 Å². The predicted molar refractivity (Wildman–Crippen MR) is 73.0 cm³/mol. The van der Waals surface area contributed by atoms with Crippen molar-refractivity contribution >= 4 is 17.4 Å². The highest BCUT2D eigenvalue weighted by atomic mass is 19.1. The smallest absolute Gasteiger partial charge is 0.257 e. The zero-order valence-electron chi connectivity index (χ0n) is 10.7. The molecule has 0 spiro atoms. The van der Waals surface area contributed by atoms with Crippen molar-refractivity contribution in [2.45, 2.75) is 0 Å². The Balaban J connectivity index is 2.18. The van der Waals surface area contributed by atoms with Gasteiger partial charge in [0.05, 0.1) is 18.4 Å². The predicted octanol–water partition coefficient (Wildman–Crippen LogP) is 1.77. The number of nitrogens with zero attached hydrogens (tertiary/aromatic N) is 1. The third-order valence-electron chi connectivity index (χ3n) is 2.59. The molecule has 2 rings (SSSR count). The van der Waals surface area contributed by atoms with Gasteiger partial charge in [-0.1, -0.05) is 0 Å². The topological polar surface area (TPSA) is 89.3 Å². The lowest BCUT2D eigenvalue weighted by Crippen LogP contribution is -2.14. The van der Waals surface area contributed by atoms with Gasteiger partial charge >= 0.3 is 0 Å². The van der Waals surface area contributed by atoms with Crippen LogP contribution in [0.25, 0.3) is 0 Å². The number of nitrogens with one attached hydrogen (secondary N) is 2. The summed E-state index contributed by atoms with van der Waals surface area (Å²) < 4.78 is 18.1. The van der Waals surface area contributed by atoms with Gasteiger partial charge in [0.15, 0.2) is 0 Å². The summed E-state index contributed by atoms with van der Waals surface area (Å²) in [6.07, 6.45) is 1.38. The molecule has 0 aliphatic rings. The highest BCUT2D eigenvalue weighted by Crippen LogP contribution is 2.25. The number of nitrogens with two attached hydrogens (primary N) is 1. The minimum absolute atomic E-state index is 0.242. The second-order valence-electron chi connectivity index (χ2n) is 3.88. The number of halogens is 1. The van der Waals surface area contributed by atoms with E-state index in [1.165, 1.54) is 31.5 Å². The number of aromatic nitrogens is 1. The van der Waals surface area contributed by atoms with E-state index in [4.69, 9.17) is 10.6 Å². The summed E-state index contributed by atoms with van der Waals surface area (Å²) in [5, 5.41) is 2.62. The number of hydrogen-bond acceptors (Lipinski definition) is 5. The number of nitrogen functional groups attached to an aromatic ring is 1. The minimum atomic E-state index is -0.445. The van der Waals surface area contributed by atoms with Gasteiger partial charge in [0.1, 0.15) is 17.4 Å². The maximum Gasteiger partial charge on any atom is 0.257 e. The van der Waals surface area contributed by atoms with E-state index < -0.39 is 5.82 Å². The summed E-state index contributed by atoms with van der Waals surface area (Å²) in [6.45, 7) is 0. The molecule has 0 atom stereocenters. The lowest BCUT2D eigenvalue weighted by molar-refractivity contribution is 0.102. The number of anilines is 2. The van der Waals surface area contributed by atoms with Crippen LogP contribution >= 0.6 is 0 Å². The average Bonchev–Trinajstić information content (AvgIpc) is 2.49. The zero-order chi connectivity index (χ0) is 14.5. The van der Waals surface area contributed by atoms with Crippen molar-refractivity contribution in [3.8, 4) is 5.75 Å². The second kappa shape index (κ2) is 5.98. The number of pyridine rings is 1. The van der Waals surface area contributed by atoms with Gasteiger partial charge in [0.2, 0.25) is 0 Å². The van der Waals surface area contributed by atoms with Gasteiger partial charge in [0.25, 0.3) is 5.91 Å². The standard InChI is InChI=1S/C13H13FN4O2/c1-20-11-6-9(14)3-4-10(11)17-13(19)8-2-5-12(18-15)16-7-8/h2-7H,15H2,1H3,(H,16,18)(H,17,19). The highest BCUT2D eigenvalue weighted by Gasteiger charge is 2.11. The van der Waals surface area contributed by atoms with Gasteiger partial charge in [0, 0.05) is 12.3 Å². The molecule has 0 unspecified atom stereocenters. The Morgan fingerprint density at radius 1 is 1.35 bits per heavy atom. The summed E-state index contributed by atoms with van der Waals surface area (Å²) in [6, 6.07) is 6.98. The van der Waals surface area contributed by atoms with Crippen LogP contribution in [0.1, 0.15) is 10.4 Å². The van der Waals surface area contributed by atoms with Gasteiger partial charge in [-0.25, -0.2) is 15.2 Å². The van der Waals surface area contributed by atoms with Crippen molar-refractivity contribution in [2.75, 3.05) is 17.9 Å². The summed E-state index contributed by atoms with van der Waals surface area (Å²) in [7, 11) is 1.40. The Labute approximate surface area is 114 Å². The van der Waals surface area contributed by atoms with Crippen LogP contribution in [-0.4, -0.2) is 18.0 Å². The lowest BCUT2D eigenvalue weighted by Gasteiger charge is -2.10. The molecule has 20 heavy (non-hydrogen) atoms. The zero-order valence-corrected chi connectivity index (χ0v) is 10.7. The Morgan fingerprint density at radius 3 is 2.75 bits per heavy atom. The molecule has 7 heteroatoms. The van der Waals surface area contributed by atoms with Gasteiger partial charge in [-0.05, 0) is 24.3 Å². The fourth-order valence-electron chi connectivity index (χ4n) is 1.58. The van der Waals surface area contributed by atoms with Gasteiger partial charge in [-0.2, -0.15) is 0 Å². The van der Waals surface area contributed by atoms with Gasteiger partial charge in [-0.3, -0.25) is 4.79 Å². The molecule has 0 fully saturated rings. The fourth-order valence-corrected chi connectivity index (χ4v) is 1.58. The summed E-state index contributed by atoms with van der Waals surface area (Å²) in [4.78, 5) is 15.9. The fraction of sp³-hybridized carbons (Fsp3) is 0.0769. The Morgan fingerprint density at radius 2 is 2.15 bits per heavy atom. The number of hydrogen-bond donors (Lipinski definition) is 3. The normalized spacial score (nSPS) is 9.95. The second-order valence-corrected chi connectivity index (χ2v) is 3.88. The number of ether oxygens (including phenoxy) is 1. The van der Waals surface area contributed by atoms with Crippen molar-refractivity contribution in [1.82, 2.24) is 4.98 Å². The molecule has 1 aromatic heterocycles. The van der Waals surface area contributed by atoms with Crippen LogP contribution in [0.2, 0.25) is 0 Å². The third-order valence-corrected chi connectivity index (χ3v) is 2.59. The van der Waals surface area contributed by atoms with Crippen LogP contribution in [-0.2, 0) is 0 Å². The van der Waals surface area contributed by atoms with E-state index in [0.29, 0.717) is 17.1 Å². The number of amides is 1. The summed E-state index contributed by atoms with van der Waals surface area (Å²) in [5.74, 6) is 5.05. The molecule has 0 aliphatic heterocycles. The SMILES string of the molecule is COc1cc(F)ccc1NC(=O)c1ccc(NN)nc1. The maximum atomic E-state index is 13.1. The van der Waals surface area contributed by atoms with E-state index >= 15 is 0 Å². The largest absolute Gasteiger partial charge is 0.494 e. The number of carbonyl (C=O) groups excluding carboxylic acids is 1. The molecule has 0 aliphatic carbocycles. The van der Waals surface area contributed by atoms with Gasteiger partial charge < -0.3 is 15.5 Å². The molecule has 0 bridgehead atoms. The number of methoxy groups -OCH3 is 1. The van der Waals surface area contributed by atoms with Crippen LogP contribution in [0.3, 0.4) is 0 Å². The van der Waals surface area contributed by atoms with E-state index in [9.17, 15) is 9.18 Å². The molecule has 0 saturated heterocycles. The van der Waals surface area contributed by atoms with Gasteiger partial charge in [-0.15, -0.1) is 0 Å². The molecule has 1 heterocycles. The summed E-state index contributed by atoms with van der Waals surface area (Å²) in [5.41, 5.74) is 3.08. The molecular weight excluding hydrogens is 263 g/mol. The first-order valence-corrected chi connectivity index (χ1v) is 5.71. The monoisotopic (exact) mass is 276 g/mol. The Kier molecular flexibility index (Phi) is 4.11. The minimum Gasteiger partial charge on any atom is -0.494 e. The van der Waals surface area contributed by atoms with E-state index in [-0.39, 0.29) is 11.7 Å². The van der Waals surface area contributed by atoms with E-state index in [2.05, 4.69) is 15.7 Å². The Bertz CT molecular complexity index is 616. The first-order valence-electron chi connectivity index (χ1n) is 5.71. The number of hydrazine groups is 1. The van der Waals surface area contributed by atoms with Crippen LogP contribution in [0, 0.1) is 5.82 Å². The average molecular weight is 276 g/mol. The molecule has 6 nitrogen and oxygen atoms in total. The number of benzene rings is 1. The van der Waals surface area contributed by atoms with Crippen LogP contribution in [0.5, 0.6) is 5.75 Å². The van der Waals surface area contributed by atoms with Crippen molar-refractivity contribution in [3.63, 3.8) is 0 Å². The van der Waals surface area contributed by atoms with E-state index in [1.807, 2.05) is 0 Å². The first-order chi connectivity index (χ1) is 9.63. The molecule has 4 N–H and O–H groups in total. The molecule has 2 aromatic rings. The van der Waals surface area contributed by atoms with Crippen LogP contribution in [0.4, 0.5) is 15.9 Å². The maximum absolute atomic E-state index is 13.1. The molecule has 104 valence electrons. The first kappa shape index (κ1) is 13.8. The number of rotatable bonds is 4. The lowest BCUT2D eigenvalue weighted by atomic mass is 10.2. The van der Waals surface area contributed by atoms with Crippen molar-refractivity contribution in [2.24, 2.45) is 5.84 Å². The van der Waals surface area contributed by atoms with Crippen LogP contribution in [0.15, 0.2) is 36.5 Å². The Hall–Kier alpha value is -2.67. The molecular formula is C13H13FN4O2. The van der Waals surface area contributed by atoms with Crippen molar-refractivity contribution in [1.29, 1.82) is 0 Å². The molecule has 0 saturated carbocycles. The molecule has 1 amide bonds. The van der Waals surface area contributed by atoms with Crippen LogP contribution < -0.4 is 21.3 Å². The quantitative estimate of drug-likeness (QED) is 0.585. The molecule has 0 radical (unpaired) electrons. The third kappa shape index (κ3) is 3.01. The number of carbonyl (C=O) groups is 1. The van der Waals surface area contributed by atoms with Crippen molar-refractivity contribution in [3.05, 3.63) is 47.9 Å². The highest BCUT2D eigenvalue weighted by molar-refractivity contribution is 6.04.